The van der Waals surface area contributed by atoms with Gasteiger partial charge in [0.1, 0.15) is 0 Å². The zero-order valence-corrected chi connectivity index (χ0v) is 10.4. The average molecular weight is 293 g/mol. The molecule has 1 aromatic heterocycles. The minimum absolute atomic E-state index is 0.0555. The lowest BCUT2D eigenvalue weighted by Crippen LogP contribution is -2.03. The highest BCUT2D eigenvalue weighted by atomic mass is 32.1. The first kappa shape index (κ1) is 14.0. The summed E-state index contributed by atoms with van der Waals surface area (Å²) in [6.45, 7) is 1.65. The highest BCUT2D eigenvalue weighted by molar-refractivity contribution is 7.15. The third-order valence-corrected chi connectivity index (χ3v) is 3.84. The van der Waals surface area contributed by atoms with Crippen molar-refractivity contribution in [2.24, 2.45) is 5.73 Å². The van der Waals surface area contributed by atoms with Crippen LogP contribution in [0.15, 0.2) is 12.1 Å². The van der Waals surface area contributed by atoms with Gasteiger partial charge in [-0.1, -0.05) is 0 Å². The van der Waals surface area contributed by atoms with E-state index in [1.54, 1.807) is 6.92 Å². The van der Waals surface area contributed by atoms with Crippen LogP contribution in [0.4, 0.5) is 22.0 Å². The summed E-state index contributed by atoms with van der Waals surface area (Å²) < 4.78 is 66.2. The Hall–Kier alpha value is -1.47. The van der Waals surface area contributed by atoms with Gasteiger partial charge in [-0.15, -0.1) is 11.3 Å². The molecule has 0 saturated carbocycles. The second-order valence-corrected chi connectivity index (χ2v) is 5.05. The van der Waals surface area contributed by atoms with Gasteiger partial charge in [0.15, 0.2) is 23.3 Å². The molecular weight excluding hydrogens is 285 g/mol. The molecule has 1 unspecified atom stereocenters. The molecule has 0 bridgehead atoms. The molecule has 1 atom stereocenters. The van der Waals surface area contributed by atoms with Gasteiger partial charge in [-0.2, -0.15) is 0 Å². The molecule has 2 aromatic rings. The molecule has 102 valence electrons. The second kappa shape index (κ2) is 4.90. The molecule has 0 radical (unpaired) electrons. The monoisotopic (exact) mass is 293 g/mol. The quantitative estimate of drug-likeness (QED) is 0.503. The minimum Gasteiger partial charge on any atom is -0.324 e. The molecule has 0 amide bonds. The number of benzene rings is 1. The number of rotatable bonds is 2. The van der Waals surface area contributed by atoms with E-state index in [0.717, 1.165) is 11.3 Å². The van der Waals surface area contributed by atoms with E-state index in [2.05, 4.69) is 0 Å². The van der Waals surface area contributed by atoms with Crippen LogP contribution in [0.1, 0.15) is 17.8 Å². The lowest BCUT2D eigenvalue weighted by atomic mass is 10.1. The Bertz CT molecular complexity index is 606. The van der Waals surface area contributed by atoms with Gasteiger partial charge in [-0.25, -0.2) is 22.0 Å². The molecule has 0 aliphatic rings. The first-order valence-corrected chi connectivity index (χ1v) is 6.03. The molecule has 2 N–H and O–H groups in total. The van der Waals surface area contributed by atoms with Gasteiger partial charge in [0.2, 0.25) is 5.82 Å². The molecule has 19 heavy (non-hydrogen) atoms. The third kappa shape index (κ3) is 2.23. The Morgan fingerprint density at radius 3 is 1.79 bits per heavy atom. The maximum Gasteiger partial charge on any atom is 0.200 e. The van der Waals surface area contributed by atoms with Crippen LogP contribution in [0.5, 0.6) is 0 Å². The van der Waals surface area contributed by atoms with Crippen LogP contribution < -0.4 is 5.73 Å². The molecule has 0 saturated heterocycles. The lowest BCUT2D eigenvalue weighted by molar-refractivity contribution is 0.381. The number of hydrogen-bond acceptors (Lipinski definition) is 2. The van der Waals surface area contributed by atoms with Crippen molar-refractivity contribution in [2.75, 3.05) is 0 Å². The highest BCUT2D eigenvalue weighted by Crippen LogP contribution is 2.36. The topological polar surface area (TPSA) is 26.0 Å². The summed E-state index contributed by atoms with van der Waals surface area (Å²) in [6, 6.07) is 2.38. The van der Waals surface area contributed by atoms with Crippen molar-refractivity contribution in [1.82, 2.24) is 0 Å². The van der Waals surface area contributed by atoms with E-state index in [4.69, 9.17) is 5.73 Å². The van der Waals surface area contributed by atoms with Crippen molar-refractivity contribution in [1.29, 1.82) is 0 Å². The first-order valence-electron chi connectivity index (χ1n) is 5.21. The van der Waals surface area contributed by atoms with Gasteiger partial charge >= 0.3 is 0 Å². The standard InChI is InChI=1S/C12H8F5NS/c1-4(18)5-2-3-6(19-5)7-8(13)10(15)12(17)11(16)9(7)14/h2-4H,18H2,1H3. The normalized spacial score (nSPS) is 12.8. The molecule has 0 aliphatic carbocycles. The van der Waals surface area contributed by atoms with E-state index in [-0.39, 0.29) is 10.9 Å². The predicted molar refractivity (Wildman–Crippen MR) is 62.1 cm³/mol. The Morgan fingerprint density at radius 1 is 0.895 bits per heavy atom. The van der Waals surface area contributed by atoms with E-state index in [0.29, 0.717) is 4.88 Å². The van der Waals surface area contributed by atoms with Gasteiger partial charge in [0.05, 0.1) is 5.56 Å². The van der Waals surface area contributed by atoms with Crippen molar-refractivity contribution >= 4 is 11.3 Å². The molecule has 7 heteroatoms. The van der Waals surface area contributed by atoms with Crippen LogP contribution in [0.25, 0.3) is 10.4 Å². The van der Waals surface area contributed by atoms with Crippen LogP contribution >= 0.6 is 11.3 Å². The van der Waals surface area contributed by atoms with Crippen molar-refractivity contribution in [3.05, 3.63) is 46.1 Å². The van der Waals surface area contributed by atoms with E-state index >= 15 is 0 Å². The van der Waals surface area contributed by atoms with E-state index in [1.165, 1.54) is 12.1 Å². The second-order valence-electron chi connectivity index (χ2n) is 3.94. The molecule has 1 aromatic carbocycles. The summed E-state index contributed by atoms with van der Waals surface area (Å²) in [5.74, 6) is -9.75. The van der Waals surface area contributed by atoms with Crippen LogP contribution in [-0.2, 0) is 0 Å². The van der Waals surface area contributed by atoms with Crippen LogP contribution in [0.2, 0.25) is 0 Å². The minimum atomic E-state index is -2.16. The summed E-state index contributed by atoms with van der Waals surface area (Å²) in [6.07, 6.45) is 0. The van der Waals surface area contributed by atoms with Gasteiger partial charge in [-0.05, 0) is 19.1 Å². The van der Waals surface area contributed by atoms with Crippen LogP contribution in [0, 0.1) is 29.1 Å². The fourth-order valence-electron chi connectivity index (χ4n) is 1.55. The summed E-state index contributed by atoms with van der Waals surface area (Å²) in [5, 5.41) is 0. The molecule has 0 fully saturated rings. The van der Waals surface area contributed by atoms with Crippen molar-refractivity contribution in [3.8, 4) is 10.4 Å². The van der Waals surface area contributed by atoms with Gasteiger partial charge < -0.3 is 5.73 Å². The SMILES string of the molecule is CC(N)c1ccc(-c2c(F)c(F)c(F)c(F)c2F)s1. The van der Waals surface area contributed by atoms with Crippen molar-refractivity contribution in [2.45, 2.75) is 13.0 Å². The first-order chi connectivity index (χ1) is 8.84. The van der Waals surface area contributed by atoms with Gasteiger partial charge in [0.25, 0.3) is 0 Å². The number of nitrogens with two attached hydrogens (primary N) is 1. The van der Waals surface area contributed by atoms with E-state index in [1.807, 2.05) is 0 Å². The number of halogens is 5. The molecule has 0 aliphatic heterocycles. The average Bonchev–Trinajstić information content (AvgIpc) is 2.84. The number of thiophene rings is 1. The maximum atomic E-state index is 13.6. The Kier molecular flexibility index (Phi) is 3.60. The van der Waals surface area contributed by atoms with E-state index in [9.17, 15) is 22.0 Å². The predicted octanol–water partition coefficient (Wildman–Crippen LogP) is 4.13. The Balaban J connectivity index is 2.68. The van der Waals surface area contributed by atoms with Gasteiger partial charge in [0, 0.05) is 15.8 Å². The summed E-state index contributed by atoms with van der Waals surface area (Å²) >= 11 is 0.885. The summed E-state index contributed by atoms with van der Waals surface area (Å²) in [4.78, 5) is 0.527. The Morgan fingerprint density at radius 2 is 1.37 bits per heavy atom. The zero-order valence-electron chi connectivity index (χ0n) is 9.61. The smallest absolute Gasteiger partial charge is 0.200 e. The summed E-state index contributed by atoms with van der Waals surface area (Å²) in [7, 11) is 0. The molecular formula is C12H8F5NS. The summed E-state index contributed by atoms with van der Waals surface area (Å²) in [5.41, 5.74) is 4.66. The molecule has 2 rings (SSSR count). The molecule has 1 nitrogen and oxygen atoms in total. The zero-order chi connectivity index (χ0) is 14.3. The maximum absolute atomic E-state index is 13.6. The molecule has 1 heterocycles. The molecule has 0 spiro atoms. The number of hydrogen-bond donors (Lipinski definition) is 1. The fraction of sp³-hybridized carbons (Fsp3) is 0.167. The fourth-order valence-corrected chi connectivity index (χ4v) is 2.55. The highest BCUT2D eigenvalue weighted by Gasteiger charge is 2.27. The van der Waals surface area contributed by atoms with Crippen molar-refractivity contribution in [3.63, 3.8) is 0 Å². The lowest BCUT2D eigenvalue weighted by Gasteiger charge is -2.06. The van der Waals surface area contributed by atoms with Crippen LogP contribution in [0.3, 0.4) is 0 Å². The van der Waals surface area contributed by atoms with Crippen LogP contribution in [-0.4, -0.2) is 0 Å². The van der Waals surface area contributed by atoms with Crippen molar-refractivity contribution < 1.29 is 22.0 Å². The van der Waals surface area contributed by atoms with Gasteiger partial charge in [-0.3, -0.25) is 0 Å². The van der Waals surface area contributed by atoms with E-state index < -0.39 is 34.6 Å². The Labute approximate surface area is 109 Å². The third-order valence-electron chi connectivity index (χ3n) is 2.53. The largest absolute Gasteiger partial charge is 0.324 e.